The number of nitrogens with zero attached hydrogens (tertiary/aromatic N) is 3. The van der Waals surface area contributed by atoms with E-state index < -0.39 is 11.5 Å². The van der Waals surface area contributed by atoms with Crippen LogP contribution in [0.2, 0.25) is 0 Å². The molecular weight excluding hydrogens is 400 g/mol. The summed E-state index contributed by atoms with van der Waals surface area (Å²) in [5.41, 5.74) is 6.93. The van der Waals surface area contributed by atoms with Crippen LogP contribution < -0.4 is 16.6 Å². The van der Waals surface area contributed by atoms with Crippen LogP contribution in [0.1, 0.15) is 32.0 Å². The minimum absolute atomic E-state index is 0.0294. The number of carbonyl (C=O) groups is 2. The summed E-state index contributed by atoms with van der Waals surface area (Å²) in [7, 11) is 0. The number of aromatic nitrogens is 4. The van der Waals surface area contributed by atoms with Crippen LogP contribution in [-0.2, 0) is 6.54 Å². The topological polar surface area (TPSA) is 164 Å². The second kappa shape index (κ2) is 8.03. The molecule has 0 aliphatic carbocycles. The van der Waals surface area contributed by atoms with Crippen LogP contribution in [0.25, 0.3) is 11.2 Å². The molecule has 0 unspecified atom stereocenters. The summed E-state index contributed by atoms with van der Waals surface area (Å²) in [4.78, 5) is 50.6. The highest BCUT2D eigenvalue weighted by atomic mass is 16.4. The van der Waals surface area contributed by atoms with Crippen LogP contribution in [0, 0.1) is 0 Å². The first kappa shape index (κ1) is 19.7. The lowest BCUT2D eigenvalue weighted by Crippen LogP contribution is -2.15. The molecule has 0 saturated heterocycles. The number of rotatable bonds is 6. The van der Waals surface area contributed by atoms with E-state index in [0.29, 0.717) is 16.9 Å². The molecule has 0 spiro atoms. The summed E-state index contributed by atoms with van der Waals surface area (Å²) in [5.74, 6) is -1.57. The lowest BCUT2D eigenvalue weighted by atomic mass is 9.98. The second-order valence-electron chi connectivity index (χ2n) is 6.60. The number of aromatic carboxylic acids is 1. The Bertz CT molecular complexity index is 1360. The highest BCUT2D eigenvalue weighted by Crippen LogP contribution is 2.17. The first-order valence-electron chi connectivity index (χ1n) is 9.15. The monoisotopic (exact) mass is 416 g/mol. The molecule has 0 atom stereocenters. The number of H-pyrrole nitrogens is 1. The van der Waals surface area contributed by atoms with Gasteiger partial charge < -0.3 is 16.2 Å². The molecule has 0 aliphatic rings. The molecule has 0 aliphatic heterocycles. The van der Waals surface area contributed by atoms with Gasteiger partial charge >= 0.3 is 5.97 Å². The van der Waals surface area contributed by atoms with Crippen LogP contribution in [-0.4, -0.2) is 36.8 Å². The number of nitrogen functional groups attached to an aromatic ring is 1. The number of benzene rings is 2. The van der Waals surface area contributed by atoms with Crippen molar-refractivity contribution in [3.05, 3.63) is 87.5 Å². The molecule has 2 aromatic carbocycles. The average Bonchev–Trinajstić information content (AvgIpc) is 2.77. The van der Waals surface area contributed by atoms with E-state index in [-0.39, 0.29) is 40.6 Å². The maximum absolute atomic E-state index is 12.7. The number of carbonyl (C=O) groups excluding carboxylic acids is 1. The van der Waals surface area contributed by atoms with Crippen molar-refractivity contribution in [1.29, 1.82) is 0 Å². The largest absolute Gasteiger partial charge is 0.478 e. The van der Waals surface area contributed by atoms with Crippen molar-refractivity contribution < 1.29 is 14.7 Å². The van der Waals surface area contributed by atoms with E-state index in [1.165, 1.54) is 18.3 Å². The van der Waals surface area contributed by atoms with E-state index in [1.54, 1.807) is 36.4 Å². The Morgan fingerprint density at radius 3 is 2.45 bits per heavy atom. The van der Waals surface area contributed by atoms with Gasteiger partial charge in [-0.15, -0.1) is 0 Å². The van der Waals surface area contributed by atoms with Crippen molar-refractivity contribution in [2.24, 2.45) is 0 Å². The summed E-state index contributed by atoms with van der Waals surface area (Å²) >= 11 is 0. The van der Waals surface area contributed by atoms with Crippen molar-refractivity contribution in [2.45, 2.75) is 6.54 Å². The van der Waals surface area contributed by atoms with Crippen LogP contribution >= 0.6 is 0 Å². The first-order valence-corrected chi connectivity index (χ1v) is 9.15. The van der Waals surface area contributed by atoms with E-state index in [0.717, 1.165) is 0 Å². The molecule has 4 aromatic rings. The molecule has 0 saturated carbocycles. The number of anilines is 2. The zero-order valence-electron chi connectivity index (χ0n) is 16.0. The Kier molecular flexibility index (Phi) is 5.10. The SMILES string of the molecule is Nc1nc2ncc(CNc3ccc(C(=O)c4ccccc4C(=O)O)cc3)nc2c(=O)[nH]1. The van der Waals surface area contributed by atoms with Gasteiger partial charge in [0.1, 0.15) is 0 Å². The van der Waals surface area contributed by atoms with Crippen LogP contribution in [0.15, 0.2) is 59.5 Å². The van der Waals surface area contributed by atoms with Gasteiger partial charge in [0.05, 0.1) is 24.0 Å². The minimum Gasteiger partial charge on any atom is -0.478 e. The van der Waals surface area contributed by atoms with Gasteiger partial charge in [-0.3, -0.25) is 14.6 Å². The van der Waals surface area contributed by atoms with E-state index in [2.05, 4.69) is 25.3 Å². The molecule has 5 N–H and O–H groups in total. The third kappa shape index (κ3) is 4.08. The van der Waals surface area contributed by atoms with Crippen molar-refractivity contribution >= 4 is 34.6 Å². The van der Waals surface area contributed by atoms with Crippen LogP contribution in [0.3, 0.4) is 0 Å². The molecule has 0 radical (unpaired) electrons. The van der Waals surface area contributed by atoms with Crippen molar-refractivity contribution in [3.63, 3.8) is 0 Å². The minimum atomic E-state index is -1.16. The fourth-order valence-corrected chi connectivity index (χ4v) is 3.01. The molecule has 10 heteroatoms. The number of hydrogen-bond acceptors (Lipinski definition) is 8. The highest BCUT2D eigenvalue weighted by Gasteiger charge is 2.17. The van der Waals surface area contributed by atoms with Crippen LogP contribution in [0.5, 0.6) is 0 Å². The maximum atomic E-state index is 12.7. The van der Waals surface area contributed by atoms with Gasteiger partial charge in [0, 0.05) is 16.8 Å². The van der Waals surface area contributed by atoms with Crippen molar-refractivity contribution in [1.82, 2.24) is 19.9 Å². The molecule has 10 nitrogen and oxygen atoms in total. The molecule has 2 aromatic heterocycles. The van der Waals surface area contributed by atoms with Gasteiger partial charge in [0.25, 0.3) is 5.56 Å². The van der Waals surface area contributed by atoms with E-state index >= 15 is 0 Å². The first-order chi connectivity index (χ1) is 14.9. The van der Waals surface area contributed by atoms with Gasteiger partial charge in [0.15, 0.2) is 16.9 Å². The van der Waals surface area contributed by atoms with Crippen LogP contribution in [0.4, 0.5) is 11.6 Å². The Balaban J connectivity index is 1.49. The Hall–Kier alpha value is -4.60. The third-order valence-corrected chi connectivity index (χ3v) is 4.51. The Morgan fingerprint density at radius 1 is 1.03 bits per heavy atom. The zero-order valence-corrected chi connectivity index (χ0v) is 16.0. The molecule has 31 heavy (non-hydrogen) atoms. The number of carboxylic acid groups (broad SMARTS) is 1. The normalized spacial score (nSPS) is 10.7. The van der Waals surface area contributed by atoms with Gasteiger partial charge in [-0.1, -0.05) is 18.2 Å². The van der Waals surface area contributed by atoms with E-state index in [4.69, 9.17) is 5.73 Å². The molecule has 0 fully saturated rings. The predicted molar refractivity (Wildman–Crippen MR) is 113 cm³/mol. The second-order valence-corrected chi connectivity index (χ2v) is 6.60. The van der Waals surface area contributed by atoms with E-state index in [1.807, 2.05) is 0 Å². The number of fused-ring (bicyclic) bond motifs is 1. The summed E-state index contributed by atoms with van der Waals surface area (Å²) in [6, 6.07) is 12.7. The predicted octanol–water partition coefficient (Wildman–Crippen LogP) is 1.84. The highest BCUT2D eigenvalue weighted by molar-refractivity contribution is 6.14. The fourth-order valence-electron chi connectivity index (χ4n) is 3.01. The Morgan fingerprint density at radius 2 is 1.74 bits per heavy atom. The number of carboxylic acids is 1. The molecule has 0 amide bonds. The zero-order chi connectivity index (χ0) is 22.0. The number of aromatic amines is 1. The molecule has 4 rings (SSSR count). The molecule has 154 valence electrons. The van der Waals surface area contributed by atoms with Crippen molar-refractivity contribution in [3.8, 4) is 0 Å². The van der Waals surface area contributed by atoms with Gasteiger partial charge in [-0.2, -0.15) is 4.98 Å². The summed E-state index contributed by atoms with van der Waals surface area (Å²) in [6.07, 6.45) is 1.49. The summed E-state index contributed by atoms with van der Waals surface area (Å²) in [5, 5.41) is 12.4. The van der Waals surface area contributed by atoms with Gasteiger partial charge in [-0.05, 0) is 30.3 Å². The van der Waals surface area contributed by atoms with E-state index in [9.17, 15) is 19.5 Å². The summed E-state index contributed by atoms with van der Waals surface area (Å²) < 4.78 is 0. The summed E-state index contributed by atoms with van der Waals surface area (Å²) in [6.45, 7) is 0.280. The number of ketones is 1. The number of nitrogens with one attached hydrogen (secondary N) is 2. The molecule has 0 bridgehead atoms. The molecular formula is C21H16N6O4. The lowest BCUT2D eigenvalue weighted by Gasteiger charge is -2.08. The lowest BCUT2D eigenvalue weighted by molar-refractivity contribution is 0.0693. The Labute approximate surface area is 174 Å². The number of nitrogens with two attached hydrogens (primary N) is 1. The quantitative estimate of drug-likeness (QED) is 0.343. The number of hydrogen-bond donors (Lipinski definition) is 4. The van der Waals surface area contributed by atoms with Gasteiger partial charge in [0.2, 0.25) is 5.95 Å². The maximum Gasteiger partial charge on any atom is 0.336 e. The standard InChI is InChI=1S/C21H16N6O4/c22-21-26-18-16(19(29)27-21)25-13(10-24-18)9-23-12-7-5-11(6-8-12)17(28)14-3-1-2-4-15(14)20(30)31/h1-8,10,23H,9H2,(H,30,31)(H3,22,24,26,27,29). The molecule has 2 heterocycles. The van der Waals surface area contributed by atoms with Gasteiger partial charge in [-0.25, -0.2) is 14.8 Å². The smallest absolute Gasteiger partial charge is 0.336 e. The fraction of sp³-hybridized carbons (Fsp3) is 0.0476. The third-order valence-electron chi connectivity index (χ3n) is 4.51. The average molecular weight is 416 g/mol. The van der Waals surface area contributed by atoms with Crippen molar-refractivity contribution in [2.75, 3.05) is 11.1 Å².